The fourth-order valence-electron chi connectivity index (χ4n) is 2.31. The van der Waals surface area contributed by atoms with Crippen molar-refractivity contribution in [2.75, 3.05) is 6.61 Å². The second-order valence-electron chi connectivity index (χ2n) is 4.25. The number of fused-ring (bicyclic) bond motifs is 1. The predicted octanol–water partition coefficient (Wildman–Crippen LogP) is 3.49. The lowest BCUT2D eigenvalue weighted by Gasteiger charge is -2.26. The maximum atomic E-state index is 12.9. The van der Waals surface area contributed by atoms with Gasteiger partial charge in [0.25, 0.3) is 0 Å². The molecular weight excluding hydrogens is 215 g/mol. The fraction of sp³-hybridized carbons (Fsp3) is 0.200. The predicted molar refractivity (Wildman–Crippen MR) is 64.3 cm³/mol. The summed E-state index contributed by atoms with van der Waals surface area (Å²) in [5, 5.41) is 0. The van der Waals surface area contributed by atoms with Crippen molar-refractivity contribution >= 4 is 0 Å². The Hall–Kier alpha value is -1.67. The molecular formula is C15H13FO. The van der Waals surface area contributed by atoms with E-state index in [0.717, 1.165) is 18.6 Å². The first-order valence-electron chi connectivity index (χ1n) is 5.79. The molecule has 0 bridgehead atoms. The molecule has 0 aliphatic carbocycles. The van der Waals surface area contributed by atoms with Crippen molar-refractivity contribution in [3.63, 3.8) is 0 Å². The van der Waals surface area contributed by atoms with Crippen molar-refractivity contribution in [3.8, 4) is 0 Å². The third-order valence-electron chi connectivity index (χ3n) is 3.17. The van der Waals surface area contributed by atoms with Crippen molar-refractivity contribution in [2.24, 2.45) is 0 Å². The molecule has 0 fully saturated rings. The summed E-state index contributed by atoms with van der Waals surface area (Å²) in [5.74, 6) is -0.210. The Balaban J connectivity index is 2.03. The van der Waals surface area contributed by atoms with E-state index in [1.54, 1.807) is 12.1 Å². The number of rotatable bonds is 1. The minimum absolute atomic E-state index is 0.0550. The zero-order valence-corrected chi connectivity index (χ0v) is 9.40. The van der Waals surface area contributed by atoms with Crippen molar-refractivity contribution in [1.29, 1.82) is 0 Å². The van der Waals surface area contributed by atoms with Gasteiger partial charge in [0.05, 0.1) is 6.61 Å². The molecule has 2 heteroatoms. The Morgan fingerprint density at radius 2 is 1.76 bits per heavy atom. The van der Waals surface area contributed by atoms with Gasteiger partial charge in [-0.15, -0.1) is 0 Å². The lowest BCUT2D eigenvalue weighted by molar-refractivity contribution is 0.0698. The first kappa shape index (κ1) is 10.5. The number of halogens is 1. The zero-order valence-electron chi connectivity index (χ0n) is 9.40. The molecule has 0 radical (unpaired) electrons. The third-order valence-corrected chi connectivity index (χ3v) is 3.17. The molecule has 1 nitrogen and oxygen atoms in total. The molecule has 0 N–H and O–H groups in total. The Kier molecular flexibility index (Phi) is 2.65. The van der Waals surface area contributed by atoms with Crippen LogP contribution in [0.4, 0.5) is 4.39 Å². The van der Waals surface area contributed by atoms with Gasteiger partial charge in [0.1, 0.15) is 11.9 Å². The van der Waals surface area contributed by atoms with E-state index in [1.807, 2.05) is 12.1 Å². The van der Waals surface area contributed by atoms with E-state index >= 15 is 0 Å². The SMILES string of the molecule is Fc1ccc(C2OCCc3ccccc32)cc1. The van der Waals surface area contributed by atoms with Crippen molar-refractivity contribution in [1.82, 2.24) is 0 Å². The summed E-state index contributed by atoms with van der Waals surface area (Å²) in [6.45, 7) is 0.721. The van der Waals surface area contributed by atoms with Crippen molar-refractivity contribution < 1.29 is 9.13 Å². The lowest BCUT2D eigenvalue weighted by atomic mass is 9.93. The first-order valence-corrected chi connectivity index (χ1v) is 5.79. The Bertz CT molecular complexity index is 519. The quantitative estimate of drug-likeness (QED) is 0.726. The monoisotopic (exact) mass is 228 g/mol. The van der Waals surface area contributed by atoms with Gasteiger partial charge in [-0.25, -0.2) is 4.39 Å². The molecule has 0 amide bonds. The fourth-order valence-corrected chi connectivity index (χ4v) is 2.31. The van der Waals surface area contributed by atoms with Crippen LogP contribution in [0.3, 0.4) is 0 Å². The topological polar surface area (TPSA) is 9.23 Å². The maximum Gasteiger partial charge on any atom is 0.123 e. The van der Waals surface area contributed by atoms with Crippen LogP contribution >= 0.6 is 0 Å². The highest BCUT2D eigenvalue weighted by Crippen LogP contribution is 2.32. The highest BCUT2D eigenvalue weighted by atomic mass is 19.1. The largest absolute Gasteiger partial charge is 0.368 e. The van der Waals surface area contributed by atoms with Gasteiger partial charge < -0.3 is 4.74 Å². The van der Waals surface area contributed by atoms with Crippen LogP contribution in [0, 0.1) is 5.82 Å². The second kappa shape index (κ2) is 4.30. The first-order chi connectivity index (χ1) is 8.34. The Morgan fingerprint density at radius 1 is 1.00 bits per heavy atom. The molecule has 0 saturated heterocycles. The van der Waals surface area contributed by atoms with Gasteiger partial charge in [-0.1, -0.05) is 36.4 Å². The van der Waals surface area contributed by atoms with Gasteiger partial charge >= 0.3 is 0 Å². The molecule has 1 aliphatic rings. The summed E-state index contributed by atoms with van der Waals surface area (Å²) in [6.07, 6.45) is 0.897. The van der Waals surface area contributed by atoms with Crippen LogP contribution in [0.1, 0.15) is 22.8 Å². The summed E-state index contributed by atoms with van der Waals surface area (Å²) in [7, 11) is 0. The van der Waals surface area contributed by atoms with Crippen LogP contribution in [-0.2, 0) is 11.2 Å². The number of hydrogen-bond donors (Lipinski definition) is 0. The van der Waals surface area contributed by atoms with Crippen LogP contribution in [0.5, 0.6) is 0 Å². The molecule has 0 saturated carbocycles. The molecule has 0 aromatic heterocycles. The smallest absolute Gasteiger partial charge is 0.123 e. The average Bonchev–Trinajstić information content (AvgIpc) is 2.39. The van der Waals surface area contributed by atoms with Gasteiger partial charge in [-0.05, 0) is 35.2 Å². The molecule has 0 spiro atoms. The summed E-state index contributed by atoms with van der Waals surface area (Å²) < 4.78 is 18.7. The number of hydrogen-bond acceptors (Lipinski definition) is 1. The highest BCUT2D eigenvalue weighted by molar-refractivity contribution is 5.37. The van der Waals surface area contributed by atoms with Gasteiger partial charge in [-0.3, -0.25) is 0 Å². The Labute approximate surface area is 99.9 Å². The van der Waals surface area contributed by atoms with E-state index in [9.17, 15) is 4.39 Å². The molecule has 2 aromatic carbocycles. The van der Waals surface area contributed by atoms with Gasteiger partial charge in [0.15, 0.2) is 0 Å². The van der Waals surface area contributed by atoms with E-state index < -0.39 is 0 Å². The van der Waals surface area contributed by atoms with Gasteiger partial charge in [0.2, 0.25) is 0 Å². The van der Waals surface area contributed by atoms with Crippen LogP contribution in [0.25, 0.3) is 0 Å². The third kappa shape index (κ3) is 1.96. The normalized spacial score (nSPS) is 18.8. The van der Waals surface area contributed by atoms with Crippen LogP contribution in [0.15, 0.2) is 48.5 Å². The summed E-state index contributed by atoms with van der Waals surface area (Å²) >= 11 is 0. The van der Waals surface area contributed by atoms with Gasteiger partial charge in [0, 0.05) is 0 Å². The van der Waals surface area contributed by atoms with Crippen LogP contribution in [0.2, 0.25) is 0 Å². The standard InChI is InChI=1S/C15H13FO/c16-13-7-5-12(6-8-13)15-14-4-2-1-3-11(14)9-10-17-15/h1-8,15H,9-10H2. The molecule has 2 aromatic rings. The summed E-state index contributed by atoms with van der Waals surface area (Å²) in [4.78, 5) is 0. The summed E-state index contributed by atoms with van der Waals surface area (Å²) in [6, 6.07) is 14.8. The minimum atomic E-state index is -0.210. The highest BCUT2D eigenvalue weighted by Gasteiger charge is 2.21. The van der Waals surface area contributed by atoms with Crippen LogP contribution < -0.4 is 0 Å². The van der Waals surface area contributed by atoms with Crippen molar-refractivity contribution in [3.05, 3.63) is 71.0 Å². The van der Waals surface area contributed by atoms with Gasteiger partial charge in [-0.2, -0.15) is 0 Å². The molecule has 17 heavy (non-hydrogen) atoms. The van der Waals surface area contributed by atoms with E-state index in [0.29, 0.717) is 0 Å². The number of ether oxygens (including phenoxy) is 1. The van der Waals surface area contributed by atoms with E-state index in [4.69, 9.17) is 4.74 Å². The molecule has 86 valence electrons. The Morgan fingerprint density at radius 3 is 2.59 bits per heavy atom. The van der Waals surface area contributed by atoms with E-state index in [-0.39, 0.29) is 11.9 Å². The molecule has 1 heterocycles. The summed E-state index contributed by atoms with van der Waals surface area (Å²) in [5.41, 5.74) is 3.54. The van der Waals surface area contributed by atoms with Crippen LogP contribution in [-0.4, -0.2) is 6.61 Å². The lowest BCUT2D eigenvalue weighted by Crippen LogP contribution is -2.17. The van der Waals surface area contributed by atoms with E-state index in [2.05, 4.69) is 12.1 Å². The molecule has 1 unspecified atom stereocenters. The van der Waals surface area contributed by atoms with E-state index in [1.165, 1.54) is 23.3 Å². The molecule has 1 atom stereocenters. The molecule has 1 aliphatic heterocycles. The average molecular weight is 228 g/mol. The maximum absolute atomic E-state index is 12.9. The number of benzene rings is 2. The molecule has 3 rings (SSSR count). The zero-order chi connectivity index (χ0) is 11.7. The van der Waals surface area contributed by atoms with Crippen molar-refractivity contribution in [2.45, 2.75) is 12.5 Å². The second-order valence-corrected chi connectivity index (χ2v) is 4.25. The minimum Gasteiger partial charge on any atom is -0.368 e.